The van der Waals surface area contributed by atoms with E-state index in [1.54, 1.807) is 12.1 Å². The highest BCUT2D eigenvalue weighted by Gasteiger charge is 2.42. The first kappa shape index (κ1) is 35.2. The lowest BCUT2D eigenvalue weighted by Gasteiger charge is -2.40. The van der Waals surface area contributed by atoms with E-state index in [1.165, 1.54) is 16.8 Å². The van der Waals surface area contributed by atoms with Gasteiger partial charge in [-0.1, -0.05) is 36.9 Å². The van der Waals surface area contributed by atoms with Gasteiger partial charge in [0.1, 0.15) is 30.1 Å². The van der Waals surface area contributed by atoms with Crippen molar-refractivity contribution in [2.24, 2.45) is 0 Å². The van der Waals surface area contributed by atoms with Gasteiger partial charge in [-0.15, -0.1) is 13.2 Å². The minimum absolute atomic E-state index is 0.0497. The molecule has 1 saturated carbocycles. The average molecular weight is 726 g/mol. The number of hydrogen-bond donors (Lipinski definition) is 0. The number of nitrogens with zero attached hydrogens (tertiary/aromatic N) is 5. The Bertz CT molecular complexity index is 1950. The Morgan fingerprint density at radius 3 is 2.29 bits per heavy atom. The monoisotopic (exact) mass is 725 g/mol. The molecule has 1 aliphatic carbocycles. The van der Waals surface area contributed by atoms with Gasteiger partial charge >= 0.3 is 12.1 Å². The Kier molecular flexibility index (Phi) is 9.71. The van der Waals surface area contributed by atoms with Gasteiger partial charge in [0, 0.05) is 49.5 Å². The Hall–Kier alpha value is -4.21. The predicted molar refractivity (Wildman–Crippen MR) is 186 cm³/mol. The third-order valence-corrected chi connectivity index (χ3v) is 11.6. The zero-order valence-electron chi connectivity index (χ0n) is 28.9. The summed E-state index contributed by atoms with van der Waals surface area (Å²) in [6.07, 6.45) is 1.69. The third-order valence-electron chi connectivity index (χ3n) is 9.86. The van der Waals surface area contributed by atoms with Crippen LogP contribution in [0, 0.1) is 0 Å². The molecular weight excluding hydrogens is 684 g/mol. The molecule has 2 unspecified atom stereocenters. The zero-order chi connectivity index (χ0) is 35.9. The molecule has 0 spiro atoms. The van der Waals surface area contributed by atoms with E-state index in [4.69, 9.17) is 14.0 Å². The Morgan fingerprint density at radius 1 is 0.941 bits per heavy atom. The van der Waals surface area contributed by atoms with E-state index in [-0.39, 0.29) is 48.8 Å². The highest BCUT2D eigenvalue weighted by molar-refractivity contribution is 6.76. The molecule has 7 rings (SSSR count). The molecule has 15 heteroatoms. The molecule has 0 radical (unpaired) electrons. The summed E-state index contributed by atoms with van der Waals surface area (Å²) in [5.74, 6) is 0.526. The predicted octanol–water partition coefficient (Wildman–Crippen LogP) is 6.85. The van der Waals surface area contributed by atoms with Gasteiger partial charge < -0.3 is 23.6 Å². The van der Waals surface area contributed by atoms with Gasteiger partial charge in [0.15, 0.2) is 0 Å². The van der Waals surface area contributed by atoms with Crippen molar-refractivity contribution in [3.8, 4) is 22.7 Å². The summed E-state index contributed by atoms with van der Waals surface area (Å²) >= 11 is 0. The molecule has 2 aromatic heterocycles. The van der Waals surface area contributed by atoms with E-state index in [2.05, 4.69) is 39.5 Å². The Labute approximate surface area is 293 Å². The molecule has 272 valence electrons. The summed E-state index contributed by atoms with van der Waals surface area (Å²) < 4.78 is 64.1. The highest BCUT2D eigenvalue weighted by Crippen LogP contribution is 2.46. The number of halogens is 3. The summed E-state index contributed by atoms with van der Waals surface area (Å²) in [7, 11) is -1.31. The van der Waals surface area contributed by atoms with E-state index >= 15 is 0 Å². The number of piperidine rings is 1. The highest BCUT2D eigenvalue weighted by atomic mass is 28.3. The summed E-state index contributed by atoms with van der Waals surface area (Å²) in [5, 5.41) is 8.31. The van der Waals surface area contributed by atoms with Crippen molar-refractivity contribution in [3.05, 3.63) is 86.9 Å². The maximum atomic E-state index is 13.2. The standard InChI is InChI=1S/C36H42F3N5O6Si/c1-51(2,3)17-16-47-22-42-32(45)20-40-44(35(42)46)25-12-10-24(11-13-25)43-26-14-15-27(43)19-28(18-26)48-21-30-33(41-50-34(30)23-8-9-23)29-6-4-5-7-31(29)49-36(37,38)39/h4-7,10-13,20,23,26-28H,8-9,14-19,21-22H2,1-3H3. The number of aromatic nitrogens is 4. The van der Waals surface area contributed by atoms with Crippen molar-refractivity contribution >= 4 is 13.8 Å². The van der Waals surface area contributed by atoms with Crippen LogP contribution in [0.3, 0.4) is 0 Å². The molecular formula is C36H42F3N5O6Si. The largest absolute Gasteiger partial charge is 0.573 e. The van der Waals surface area contributed by atoms with Gasteiger partial charge in [0.05, 0.1) is 18.4 Å². The average Bonchev–Trinajstić information content (AvgIpc) is 3.78. The first-order valence-electron chi connectivity index (χ1n) is 17.5. The summed E-state index contributed by atoms with van der Waals surface area (Å²) in [4.78, 5) is 28.1. The molecule has 2 saturated heterocycles. The second kappa shape index (κ2) is 14.1. The minimum Gasteiger partial charge on any atom is -0.405 e. The van der Waals surface area contributed by atoms with Crippen LogP contribution < -0.4 is 20.9 Å². The molecule has 2 aromatic carbocycles. The number of rotatable bonds is 13. The van der Waals surface area contributed by atoms with Crippen molar-refractivity contribution in [1.29, 1.82) is 0 Å². The van der Waals surface area contributed by atoms with Gasteiger partial charge in [-0.3, -0.25) is 4.79 Å². The number of para-hydroxylation sites is 1. The number of anilines is 1. The molecule has 0 N–H and O–H groups in total. The molecule has 4 heterocycles. The molecule has 51 heavy (non-hydrogen) atoms. The molecule has 2 aliphatic heterocycles. The normalized spacial score (nSPS) is 20.6. The third kappa shape index (κ3) is 7.99. The van der Waals surface area contributed by atoms with Gasteiger partial charge in [-0.05, 0) is 81.0 Å². The number of alkyl halides is 3. The topological polar surface area (TPSA) is 114 Å². The lowest BCUT2D eigenvalue weighted by molar-refractivity contribution is -0.274. The van der Waals surface area contributed by atoms with Crippen molar-refractivity contribution in [2.45, 2.75) is 108 Å². The SMILES string of the molecule is C[Si](C)(C)CCOCn1c(=O)cnn(-c2ccc(N3C4CCC3CC(OCc3c(-c5ccccc5OC(F)(F)F)noc3C3CC3)C4)cc2)c1=O. The Balaban J connectivity index is 1.02. The number of hydrogen-bond acceptors (Lipinski definition) is 9. The van der Waals surface area contributed by atoms with E-state index in [0.29, 0.717) is 29.3 Å². The van der Waals surface area contributed by atoms with Crippen LogP contribution in [-0.4, -0.2) is 58.7 Å². The molecule has 11 nitrogen and oxygen atoms in total. The fraction of sp³-hybridized carbons (Fsp3) is 0.500. The van der Waals surface area contributed by atoms with Gasteiger partial charge in [-0.25, -0.2) is 9.36 Å². The van der Waals surface area contributed by atoms with Gasteiger partial charge in [0.25, 0.3) is 5.56 Å². The van der Waals surface area contributed by atoms with Crippen LogP contribution in [0.2, 0.25) is 25.7 Å². The second-order valence-electron chi connectivity index (χ2n) is 14.9. The minimum atomic E-state index is -4.84. The number of ether oxygens (including phenoxy) is 3. The van der Waals surface area contributed by atoms with Crippen molar-refractivity contribution < 1.29 is 31.9 Å². The number of fused-ring (bicyclic) bond motifs is 2. The number of benzene rings is 2. The van der Waals surface area contributed by atoms with Crippen LogP contribution in [0.4, 0.5) is 18.9 Å². The van der Waals surface area contributed by atoms with E-state index < -0.39 is 25.7 Å². The Morgan fingerprint density at radius 2 is 1.63 bits per heavy atom. The molecule has 2 bridgehead atoms. The fourth-order valence-electron chi connectivity index (χ4n) is 7.13. The van der Waals surface area contributed by atoms with Crippen LogP contribution in [0.25, 0.3) is 16.9 Å². The molecule has 3 aliphatic rings. The first-order valence-corrected chi connectivity index (χ1v) is 21.2. The van der Waals surface area contributed by atoms with Crippen LogP contribution >= 0.6 is 0 Å². The van der Waals surface area contributed by atoms with Crippen LogP contribution in [0.15, 0.2) is 68.8 Å². The van der Waals surface area contributed by atoms with Crippen molar-refractivity contribution in [1.82, 2.24) is 19.5 Å². The molecule has 0 amide bonds. The van der Waals surface area contributed by atoms with Crippen molar-refractivity contribution in [3.63, 3.8) is 0 Å². The fourth-order valence-corrected chi connectivity index (χ4v) is 7.89. The van der Waals surface area contributed by atoms with Crippen LogP contribution in [0.1, 0.15) is 55.8 Å². The first-order chi connectivity index (χ1) is 24.3. The quantitative estimate of drug-likeness (QED) is 0.108. The maximum Gasteiger partial charge on any atom is 0.573 e. The smallest absolute Gasteiger partial charge is 0.405 e. The van der Waals surface area contributed by atoms with Gasteiger partial charge in [0.2, 0.25) is 0 Å². The summed E-state index contributed by atoms with van der Waals surface area (Å²) in [6, 6.07) is 15.0. The van der Waals surface area contributed by atoms with Gasteiger partial charge in [-0.2, -0.15) is 9.78 Å². The summed E-state index contributed by atoms with van der Waals surface area (Å²) in [5.41, 5.74) is 1.71. The van der Waals surface area contributed by atoms with Crippen molar-refractivity contribution in [2.75, 3.05) is 11.5 Å². The second-order valence-corrected chi connectivity index (χ2v) is 20.5. The lowest BCUT2D eigenvalue weighted by Crippen LogP contribution is -2.45. The lowest BCUT2D eigenvalue weighted by atomic mass is 9.98. The van der Waals surface area contributed by atoms with E-state index in [1.807, 2.05) is 24.3 Å². The van der Waals surface area contributed by atoms with Crippen LogP contribution in [0.5, 0.6) is 5.75 Å². The molecule has 3 fully saturated rings. The molecule has 2 atom stereocenters. The maximum absolute atomic E-state index is 13.2. The van der Waals surface area contributed by atoms with E-state index in [0.717, 1.165) is 61.0 Å². The van der Waals surface area contributed by atoms with E-state index in [9.17, 15) is 22.8 Å². The van der Waals surface area contributed by atoms with Crippen LogP contribution in [-0.2, 0) is 22.8 Å². The summed E-state index contributed by atoms with van der Waals surface area (Å²) in [6.45, 7) is 7.25. The zero-order valence-corrected chi connectivity index (χ0v) is 29.9. The molecule has 4 aromatic rings.